The fraction of sp³-hybridized carbons (Fsp3) is 0.375. The van der Waals surface area contributed by atoms with E-state index in [1.54, 1.807) is 50.2 Å². The molecule has 2 aromatic carbocycles. The number of hydrogen-bond acceptors (Lipinski definition) is 10. The molecule has 0 radical (unpaired) electrons. The highest BCUT2D eigenvalue weighted by atomic mass is 32.1. The molecule has 3 aromatic rings. The van der Waals surface area contributed by atoms with Crippen molar-refractivity contribution in [3.8, 4) is 17.2 Å². The van der Waals surface area contributed by atoms with Gasteiger partial charge in [0, 0.05) is 12.0 Å². The summed E-state index contributed by atoms with van der Waals surface area (Å²) in [5.74, 6) is -0.966. The number of esters is 1. The van der Waals surface area contributed by atoms with E-state index in [1.165, 1.54) is 4.90 Å². The van der Waals surface area contributed by atoms with Crippen molar-refractivity contribution in [1.82, 2.24) is 4.98 Å². The van der Waals surface area contributed by atoms with Gasteiger partial charge in [-0.1, -0.05) is 24.3 Å². The molecular weight excluding hydrogens is 572 g/mol. The number of aliphatic hydroxyl groups excluding tert-OH is 1. The zero-order valence-electron chi connectivity index (χ0n) is 24.8. The lowest BCUT2D eigenvalue weighted by molar-refractivity contribution is -0.132. The number of rotatable bonds is 10. The maximum Gasteiger partial charge on any atom is 0.350 e. The number of ketones is 1. The number of aliphatic hydroxyl groups is 1. The summed E-state index contributed by atoms with van der Waals surface area (Å²) in [6.45, 7) is 10.1. The Bertz CT molecular complexity index is 1610. The molecule has 0 saturated carbocycles. The van der Waals surface area contributed by atoms with Crippen molar-refractivity contribution in [2.24, 2.45) is 0 Å². The number of fused-ring (bicyclic) bond motifs is 1. The normalized spacial score (nSPS) is 18.9. The van der Waals surface area contributed by atoms with E-state index in [0.717, 1.165) is 29.1 Å². The Morgan fingerprint density at radius 2 is 1.88 bits per heavy atom. The molecule has 1 saturated heterocycles. The molecule has 0 unspecified atom stereocenters. The topological polar surface area (TPSA) is 124 Å². The van der Waals surface area contributed by atoms with Crippen LogP contribution in [0.2, 0.25) is 0 Å². The zero-order valence-corrected chi connectivity index (χ0v) is 25.6. The van der Waals surface area contributed by atoms with Gasteiger partial charge in [0.05, 0.1) is 37.1 Å². The van der Waals surface area contributed by atoms with Gasteiger partial charge in [-0.15, -0.1) is 0 Å². The molecule has 2 atom stereocenters. The number of aromatic nitrogens is 1. The molecule has 1 fully saturated rings. The Morgan fingerprint density at radius 3 is 2.60 bits per heavy atom. The highest BCUT2D eigenvalue weighted by Crippen LogP contribution is 2.46. The Kier molecular flexibility index (Phi) is 8.72. The van der Waals surface area contributed by atoms with Crippen LogP contribution in [0.25, 0.3) is 5.76 Å². The molecule has 0 bridgehead atoms. The van der Waals surface area contributed by atoms with E-state index in [0.29, 0.717) is 48.0 Å². The average Bonchev–Trinajstić information content (AvgIpc) is 3.63. The number of carbonyl (C=O) groups is 3. The monoisotopic (exact) mass is 606 g/mol. The van der Waals surface area contributed by atoms with E-state index in [4.69, 9.17) is 18.9 Å². The smallest absolute Gasteiger partial charge is 0.350 e. The molecule has 2 aliphatic heterocycles. The van der Waals surface area contributed by atoms with Gasteiger partial charge in [0.15, 0.2) is 16.6 Å². The van der Waals surface area contributed by atoms with Crippen LogP contribution in [0.1, 0.15) is 72.2 Å². The van der Waals surface area contributed by atoms with Crippen LogP contribution in [0, 0.1) is 6.92 Å². The molecule has 0 aliphatic carbocycles. The van der Waals surface area contributed by atoms with Gasteiger partial charge in [0.2, 0.25) is 0 Å². The summed E-state index contributed by atoms with van der Waals surface area (Å²) in [6.07, 6.45) is 1.44. The SMILES string of the molecule is CCCOc1ccc([C@@H]2C(=C(O)c3ccc4c(c3)C[C@@H](C)O4)C(=O)C(=O)N2c2nc(C)c(C(=O)OCC)s2)cc1OCC. The van der Waals surface area contributed by atoms with Gasteiger partial charge in [-0.05, 0) is 75.6 Å². The fourth-order valence-corrected chi connectivity index (χ4v) is 6.22. The number of carbonyl (C=O) groups excluding carboxylic acids is 3. The molecule has 226 valence electrons. The molecule has 1 N–H and O–H groups in total. The van der Waals surface area contributed by atoms with Crippen molar-refractivity contribution in [2.75, 3.05) is 24.7 Å². The van der Waals surface area contributed by atoms with E-state index in [1.807, 2.05) is 20.8 Å². The number of nitrogens with zero attached hydrogens (tertiary/aromatic N) is 2. The molecule has 3 heterocycles. The Morgan fingerprint density at radius 1 is 1.09 bits per heavy atom. The number of benzene rings is 2. The Hall–Kier alpha value is -4.38. The predicted octanol–water partition coefficient (Wildman–Crippen LogP) is 5.77. The molecular formula is C32H34N2O8S. The second-order valence-electron chi connectivity index (χ2n) is 10.2. The van der Waals surface area contributed by atoms with Gasteiger partial charge in [0.25, 0.3) is 5.78 Å². The third-order valence-electron chi connectivity index (χ3n) is 7.11. The molecule has 1 aromatic heterocycles. The van der Waals surface area contributed by atoms with Gasteiger partial charge in [-0.3, -0.25) is 14.5 Å². The first-order valence-corrected chi connectivity index (χ1v) is 15.1. The lowest BCUT2D eigenvalue weighted by Crippen LogP contribution is -2.29. The van der Waals surface area contributed by atoms with E-state index < -0.39 is 23.7 Å². The number of anilines is 1. The van der Waals surface area contributed by atoms with Crippen molar-refractivity contribution in [2.45, 2.75) is 59.6 Å². The largest absolute Gasteiger partial charge is 0.507 e. The quantitative estimate of drug-likeness (QED) is 0.133. The van der Waals surface area contributed by atoms with Crippen molar-refractivity contribution in [3.63, 3.8) is 0 Å². The maximum atomic E-state index is 13.7. The third kappa shape index (κ3) is 5.69. The van der Waals surface area contributed by atoms with Gasteiger partial charge in [0.1, 0.15) is 22.5 Å². The number of amides is 1. The van der Waals surface area contributed by atoms with E-state index in [-0.39, 0.29) is 34.1 Å². The van der Waals surface area contributed by atoms with Gasteiger partial charge in [-0.25, -0.2) is 9.78 Å². The van der Waals surface area contributed by atoms with Crippen LogP contribution in [0.3, 0.4) is 0 Å². The second-order valence-corrected chi connectivity index (χ2v) is 11.2. The average molecular weight is 607 g/mol. The first kappa shape index (κ1) is 30.1. The maximum absolute atomic E-state index is 13.7. The molecule has 43 heavy (non-hydrogen) atoms. The second kappa shape index (κ2) is 12.5. The van der Waals surface area contributed by atoms with Crippen LogP contribution in [0.15, 0.2) is 42.0 Å². The summed E-state index contributed by atoms with van der Waals surface area (Å²) in [7, 11) is 0. The molecule has 10 nitrogen and oxygen atoms in total. The lowest BCUT2D eigenvalue weighted by atomic mass is 9.94. The van der Waals surface area contributed by atoms with E-state index >= 15 is 0 Å². The summed E-state index contributed by atoms with van der Waals surface area (Å²) >= 11 is 0.954. The van der Waals surface area contributed by atoms with Crippen LogP contribution in [0.5, 0.6) is 17.2 Å². The van der Waals surface area contributed by atoms with E-state index in [9.17, 15) is 19.5 Å². The van der Waals surface area contributed by atoms with Gasteiger partial charge in [-0.2, -0.15) is 0 Å². The standard InChI is InChI=1S/C32H34N2O8S/c1-6-13-41-23-12-9-19(16-24(23)39-7-2)26-25(27(35)20-10-11-22-21(15-20)14-17(4)42-22)28(36)30(37)34(26)32-33-18(5)29(43-32)31(38)40-8-3/h9-12,15-17,26,35H,6-8,13-14H2,1-5H3/t17-,26-/m1/s1. The minimum absolute atomic E-state index is 0.00913. The molecule has 1 amide bonds. The summed E-state index contributed by atoms with van der Waals surface area (Å²) in [5.41, 5.74) is 2.04. The van der Waals surface area contributed by atoms with Crippen LogP contribution >= 0.6 is 11.3 Å². The fourth-order valence-electron chi connectivity index (χ4n) is 5.24. The molecule has 5 rings (SSSR count). The molecule has 2 aliphatic rings. The first-order valence-electron chi connectivity index (χ1n) is 14.3. The predicted molar refractivity (Wildman–Crippen MR) is 161 cm³/mol. The van der Waals surface area contributed by atoms with Crippen LogP contribution in [-0.2, 0) is 20.7 Å². The summed E-state index contributed by atoms with van der Waals surface area (Å²) in [4.78, 5) is 46.0. The number of hydrogen-bond donors (Lipinski definition) is 1. The van der Waals surface area contributed by atoms with Gasteiger partial charge >= 0.3 is 11.9 Å². The van der Waals surface area contributed by atoms with Crippen LogP contribution < -0.4 is 19.1 Å². The first-order chi connectivity index (χ1) is 20.7. The molecule has 0 spiro atoms. The highest BCUT2D eigenvalue weighted by Gasteiger charge is 2.49. The van der Waals surface area contributed by atoms with Crippen LogP contribution in [0.4, 0.5) is 5.13 Å². The Labute approximate surface area is 253 Å². The van der Waals surface area contributed by atoms with Crippen molar-refractivity contribution >= 4 is 39.9 Å². The van der Waals surface area contributed by atoms with Crippen molar-refractivity contribution < 1.29 is 38.4 Å². The van der Waals surface area contributed by atoms with Crippen molar-refractivity contribution in [3.05, 3.63) is 69.2 Å². The van der Waals surface area contributed by atoms with Gasteiger partial charge < -0.3 is 24.1 Å². The Balaban J connectivity index is 1.68. The number of Topliss-reactive ketones (excluding diaryl/α,β-unsaturated/α-hetero) is 1. The third-order valence-corrected chi connectivity index (χ3v) is 8.25. The zero-order chi connectivity index (χ0) is 30.8. The minimum atomic E-state index is -1.07. The number of ether oxygens (including phenoxy) is 4. The summed E-state index contributed by atoms with van der Waals surface area (Å²) < 4.78 is 22.7. The number of aryl methyl sites for hydroxylation is 1. The highest BCUT2D eigenvalue weighted by molar-refractivity contribution is 7.17. The minimum Gasteiger partial charge on any atom is -0.507 e. The summed E-state index contributed by atoms with van der Waals surface area (Å²) in [6, 6.07) is 9.28. The van der Waals surface area contributed by atoms with E-state index in [2.05, 4.69) is 4.98 Å². The van der Waals surface area contributed by atoms with Crippen molar-refractivity contribution in [1.29, 1.82) is 0 Å². The summed E-state index contributed by atoms with van der Waals surface area (Å²) in [5, 5.41) is 11.8. The molecule has 11 heteroatoms. The van der Waals surface area contributed by atoms with Crippen LogP contribution in [-0.4, -0.2) is 53.7 Å². The number of thiazole rings is 1. The lowest BCUT2D eigenvalue weighted by Gasteiger charge is -2.24.